The largest absolute Gasteiger partial charge is 0.206 e. The molecule has 3 aromatic carbocycles. The summed E-state index contributed by atoms with van der Waals surface area (Å²) >= 11 is 6.01. The second-order valence-electron chi connectivity index (χ2n) is 6.02. The van der Waals surface area contributed by atoms with Crippen molar-refractivity contribution in [2.75, 3.05) is 0 Å². The summed E-state index contributed by atoms with van der Waals surface area (Å²) in [6, 6.07) is 17.7. The first kappa shape index (κ1) is 18.2. The molecule has 0 saturated carbocycles. The Morgan fingerprint density at radius 2 is 1.54 bits per heavy atom. The van der Waals surface area contributed by atoms with Gasteiger partial charge in [0, 0.05) is 10.6 Å². The molecule has 0 unspecified atom stereocenters. The number of rotatable bonds is 3. The van der Waals surface area contributed by atoms with Crippen LogP contribution in [-0.2, 0) is 6.42 Å². The predicted molar refractivity (Wildman–Crippen MR) is 103 cm³/mol. The summed E-state index contributed by atoms with van der Waals surface area (Å²) in [6.45, 7) is 1.97. The maximum atomic E-state index is 14.1. The van der Waals surface area contributed by atoms with E-state index in [1.54, 1.807) is 0 Å². The Kier molecular flexibility index (Phi) is 5.71. The topological polar surface area (TPSA) is 0 Å². The Morgan fingerprint density at radius 3 is 2.15 bits per heavy atom. The fourth-order valence-corrected chi connectivity index (χ4v) is 2.92. The first-order valence-electron chi connectivity index (χ1n) is 8.43. The van der Waals surface area contributed by atoms with Gasteiger partial charge in [-0.2, -0.15) is 0 Å². The zero-order valence-corrected chi connectivity index (χ0v) is 15.1. The van der Waals surface area contributed by atoms with Crippen LogP contribution in [0.1, 0.15) is 30.0 Å². The van der Waals surface area contributed by atoms with Crippen LogP contribution in [0.2, 0.25) is 5.02 Å². The van der Waals surface area contributed by atoms with Crippen LogP contribution < -0.4 is 0 Å². The average Bonchev–Trinajstić information content (AvgIpc) is 2.62. The molecular weight excluding hydrogens is 350 g/mol. The van der Waals surface area contributed by atoms with Crippen molar-refractivity contribution in [1.29, 1.82) is 0 Å². The highest BCUT2D eigenvalue weighted by atomic mass is 35.5. The summed E-state index contributed by atoms with van der Waals surface area (Å²) in [5.41, 5.74) is 3.15. The molecule has 0 nitrogen and oxygen atoms in total. The van der Waals surface area contributed by atoms with Crippen LogP contribution in [0.5, 0.6) is 0 Å². The predicted octanol–water partition coefficient (Wildman–Crippen LogP) is 6.64. The van der Waals surface area contributed by atoms with Crippen molar-refractivity contribution in [2.24, 2.45) is 0 Å². The van der Waals surface area contributed by atoms with Crippen molar-refractivity contribution in [1.82, 2.24) is 0 Å². The molecule has 0 radical (unpaired) electrons. The lowest BCUT2D eigenvalue weighted by atomic mass is 10.0. The normalized spacial score (nSPS) is 10.3. The van der Waals surface area contributed by atoms with Crippen LogP contribution in [0, 0.1) is 23.5 Å². The smallest absolute Gasteiger partial charge is 0.142 e. The van der Waals surface area contributed by atoms with Crippen LogP contribution in [0.3, 0.4) is 0 Å². The molecule has 0 aliphatic heterocycles. The number of aryl methyl sites for hydroxylation is 1. The van der Waals surface area contributed by atoms with E-state index in [1.807, 2.05) is 55.5 Å². The summed E-state index contributed by atoms with van der Waals surface area (Å²) in [4.78, 5) is 0. The third-order valence-electron chi connectivity index (χ3n) is 4.02. The van der Waals surface area contributed by atoms with Gasteiger partial charge in [0.2, 0.25) is 0 Å². The van der Waals surface area contributed by atoms with Gasteiger partial charge in [-0.3, -0.25) is 0 Å². The summed E-state index contributed by atoms with van der Waals surface area (Å²) in [5.74, 6) is 4.21. The molecule has 26 heavy (non-hydrogen) atoms. The standard InChI is InChI=1S/C23H17ClF2/c1-2-4-17-13-22(25)21(23(26)14-17)12-9-16-7-10-18(11-8-16)19-5-3-6-20(24)15-19/h3,5-8,10-11,13-15H,2,4H2,1H3. The number of hydrogen-bond donors (Lipinski definition) is 0. The Labute approximate surface area is 157 Å². The van der Waals surface area contributed by atoms with E-state index in [-0.39, 0.29) is 5.56 Å². The second-order valence-corrected chi connectivity index (χ2v) is 6.46. The van der Waals surface area contributed by atoms with Crippen molar-refractivity contribution in [2.45, 2.75) is 19.8 Å². The first-order valence-corrected chi connectivity index (χ1v) is 8.80. The molecule has 3 heteroatoms. The van der Waals surface area contributed by atoms with Gasteiger partial charge in [0.1, 0.15) is 11.6 Å². The van der Waals surface area contributed by atoms with Gasteiger partial charge < -0.3 is 0 Å². The Morgan fingerprint density at radius 1 is 0.846 bits per heavy atom. The molecule has 0 saturated heterocycles. The molecule has 0 amide bonds. The zero-order chi connectivity index (χ0) is 18.5. The monoisotopic (exact) mass is 366 g/mol. The van der Waals surface area contributed by atoms with Gasteiger partial charge in [-0.05, 0) is 59.5 Å². The van der Waals surface area contributed by atoms with Gasteiger partial charge in [-0.1, -0.05) is 61.1 Å². The van der Waals surface area contributed by atoms with Crippen LogP contribution in [0.15, 0.2) is 60.7 Å². The van der Waals surface area contributed by atoms with Gasteiger partial charge >= 0.3 is 0 Å². The SMILES string of the molecule is CCCc1cc(F)c(C#Cc2ccc(-c3cccc(Cl)c3)cc2)c(F)c1. The minimum Gasteiger partial charge on any atom is -0.206 e. The lowest BCUT2D eigenvalue weighted by Gasteiger charge is -2.03. The van der Waals surface area contributed by atoms with E-state index in [2.05, 4.69) is 11.8 Å². The van der Waals surface area contributed by atoms with E-state index in [0.29, 0.717) is 22.6 Å². The van der Waals surface area contributed by atoms with Gasteiger partial charge in [0.25, 0.3) is 0 Å². The fourth-order valence-electron chi connectivity index (χ4n) is 2.73. The second kappa shape index (κ2) is 8.17. The molecule has 0 fully saturated rings. The van der Waals surface area contributed by atoms with Crippen molar-refractivity contribution < 1.29 is 8.78 Å². The molecule has 3 aromatic rings. The van der Waals surface area contributed by atoms with E-state index in [1.165, 1.54) is 12.1 Å². The highest BCUT2D eigenvalue weighted by molar-refractivity contribution is 6.30. The van der Waals surface area contributed by atoms with E-state index >= 15 is 0 Å². The number of hydrogen-bond acceptors (Lipinski definition) is 0. The lowest BCUT2D eigenvalue weighted by molar-refractivity contribution is 0.573. The van der Waals surface area contributed by atoms with E-state index in [4.69, 9.17) is 11.6 Å². The van der Waals surface area contributed by atoms with Crippen LogP contribution in [0.25, 0.3) is 11.1 Å². The average molecular weight is 367 g/mol. The quantitative estimate of drug-likeness (QED) is 0.456. The number of benzene rings is 3. The molecule has 0 aliphatic carbocycles. The van der Waals surface area contributed by atoms with Gasteiger partial charge in [0.05, 0.1) is 5.56 Å². The minimum absolute atomic E-state index is 0.191. The van der Waals surface area contributed by atoms with Gasteiger partial charge in [-0.15, -0.1) is 0 Å². The molecule has 0 spiro atoms. The first-order chi connectivity index (χ1) is 12.6. The van der Waals surface area contributed by atoms with E-state index < -0.39 is 11.6 Å². The lowest BCUT2D eigenvalue weighted by Crippen LogP contribution is -1.94. The van der Waals surface area contributed by atoms with Gasteiger partial charge in [0.15, 0.2) is 0 Å². The summed E-state index contributed by atoms with van der Waals surface area (Å²) in [6.07, 6.45) is 1.48. The van der Waals surface area contributed by atoms with Crippen molar-refractivity contribution in [3.05, 3.63) is 94.0 Å². The maximum Gasteiger partial charge on any atom is 0.142 e. The van der Waals surface area contributed by atoms with E-state index in [9.17, 15) is 8.78 Å². The summed E-state index contributed by atoms with van der Waals surface area (Å²) in [7, 11) is 0. The fraction of sp³-hybridized carbons (Fsp3) is 0.130. The molecule has 0 aromatic heterocycles. The highest BCUT2D eigenvalue weighted by Crippen LogP contribution is 2.23. The Balaban J connectivity index is 1.85. The Bertz CT molecular complexity index is 956. The molecule has 130 valence electrons. The van der Waals surface area contributed by atoms with Crippen molar-refractivity contribution in [3.8, 4) is 23.0 Å². The summed E-state index contributed by atoms with van der Waals surface area (Å²) < 4.78 is 28.2. The molecule has 0 heterocycles. The molecule has 0 aliphatic rings. The molecule has 0 N–H and O–H groups in total. The van der Waals surface area contributed by atoms with Crippen LogP contribution in [0.4, 0.5) is 8.78 Å². The minimum atomic E-state index is -0.614. The van der Waals surface area contributed by atoms with Gasteiger partial charge in [-0.25, -0.2) is 8.78 Å². The zero-order valence-electron chi connectivity index (χ0n) is 14.3. The third kappa shape index (κ3) is 4.31. The number of halogens is 3. The molecule has 0 atom stereocenters. The van der Waals surface area contributed by atoms with Crippen molar-refractivity contribution >= 4 is 11.6 Å². The van der Waals surface area contributed by atoms with E-state index in [0.717, 1.165) is 17.5 Å². The molecule has 3 rings (SSSR count). The third-order valence-corrected chi connectivity index (χ3v) is 4.25. The van der Waals surface area contributed by atoms with Crippen LogP contribution in [-0.4, -0.2) is 0 Å². The molecular formula is C23H17ClF2. The molecule has 0 bridgehead atoms. The summed E-state index contributed by atoms with van der Waals surface area (Å²) in [5, 5.41) is 0.670. The highest BCUT2D eigenvalue weighted by Gasteiger charge is 2.08. The van der Waals surface area contributed by atoms with Crippen LogP contribution >= 0.6 is 11.6 Å². The van der Waals surface area contributed by atoms with Crippen molar-refractivity contribution in [3.63, 3.8) is 0 Å². The maximum absolute atomic E-state index is 14.1. The Hall–Kier alpha value is -2.63.